The second kappa shape index (κ2) is 3.46. The fourth-order valence-corrected chi connectivity index (χ4v) is 1.19. The molecule has 7 heteroatoms. The highest BCUT2D eigenvalue weighted by molar-refractivity contribution is 4.95. The number of hydrogen-bond acceptors (Lipinski definition) is 7. The van der Waals surface area contributed by atoms with Crippen LogP contribution in [0.25, 0.3) is 0 Å². The van der Waals surface area contributed by atoms with E-state index >= 15 is 0 Å². The Balaban J connectivity index is 2.78. The van der Waals surface area contributed by atoms with Crippen LogP contribution in [0, 0.1) is 0 Å². The predicted molar refractivity (Wildman–Crippen MR) is 37.1 cm³/mol. The largest absolute Gasteiger partial charge is 0.391 e. The van der Waals surface area contributed by atoms with Crippen molar-refractivity contribution in [2.45, 2.75) is 30.4 Å². The lowest BCUT2D eigenvalue weighted by Gasteiger charge is -2.22. The first-order chi connectivity index (χ1) is 5.92. The summed E-state index contributed by atoms with van der Waals surface area (Å²) in [5, 5.41) is 53.4. The van der Waals surface area contributed by atoms with E-state index in [0.29, 0.717) is 0 Å². The molecule has 0 radical (unpaired) electrons. The molecule has 1 heterocycles. The molecule has 0 aliphatic carbocycles. The minimum absolute atomic E-state index is 0.950. The lowest BCUT2D eigenvalue weighted by Crippen LogP contribution is -2.46. The van der Waals surface area contributed by atoms with E-state index in [-0.39, 0.29) is 0 Å². The Hall–Kier alpha value is -0.280. The highest BCUT2D eigenvalue weighted by atomic mass is 16.7. The Morgan fingerprint density at radius 1 is 1.31 bits per heavy atom. The Kier molecular flexibility index (Phi) is 2.88. The minimum atomic E-state index is -2.34. The van der Waals surface area contributed by atoms with E-state index in [9.17, 15) is 5.11 Å². The summed E-state index contributed by atoms with van der Waals surface area (Å²) in [6.07, 6.45) is -7.00. The summed E-state index contributed by atoms with van der Waals surface area (Å²) >= 11 is 0. The molecule has 4 atom stereocenters. The van der Waals surface area contributed by atoms with E-state index in [2.05, 4.69) is 4.74 Å². The van der Waals surface area contributed by atoms with Crippen LogP contribution in [0.3, 0.4) is 0 Å². The average Bonchev–Trinajstić information content (AvgIpc) is 2.31. The van der Waals surface area contributed by atoms with E-state index in [0.717, 1.165) is 0 Å². The van der Waals surface area contributed by atoms with Gasteiger partial charge in [-0.3, -0.25) is 0 Å². The van der Waals surface area contributed by atoms with Gasteiger partial charge in [-0.2, -0.15) is 0 Å². The molecule has 1 saturated heterocycles. The second-order valence-electron chi connectivity index (χ2n) is 2.93. The lowest BCUT2D eigenvalue weighted by atomic mass is 10.1. The van der Waals surface area contributed by atoms with E-state index in [1.807, 2.05) is 0 Å². The summed E-state index contributed by atoms with van der Waals surface area (Å²) < 4.78 is 4.49. The van der Waals surface area contributed by atoms with E-state index in [1.165, 1.54) is 0 Å². The van der Waals surface area contributed by atoms with Crippen LogP contribution in [0.5, 0.6) is 0 Å². The van der Waals surface area contributed by atoms with Crippen molar-refractivity contribution in [1.29, 1.82) is 0 Å². The Bertz CT molecular complexity index is 184. The van der Waals surface area contributed by atoms with E-state index in [1.54, 1.807) is 0 Å². The van der Waals surface area contributed by atoms with Crippen molar-refractivity contribution < 1.29 is 35.4 Å². The molecule has 1 aliphatic heterocycles. The zero-order valence-electron chi connectivity index (χ0n) is 6.61. The van der Waals surface area contributed by atoms with Gasteiger partial charge in [0.15, 0.2) is 6.29 Å². The molecule has 0 aromatic rings. The Morgan fingerprint density at radius 2 is 1.85 bits per heavy atom. The van der Waals surface area contributed by atoms with Gasteiger partial charge in [-0.25, -0.2) is 0 Å². The zero-order chi connectivity index (χ0) is 10.2. The Labute approximate surface area is 73.4 Å². The average molecular weight is 196 g/mol. The molecule has 1 rings (SSSR count). The SMILES string of the molecule is OC[C@]1(O)O[C@H](C(O)O)[C@@H](O)[C@@H]1O. The quantitative estimate of drug-likeness (QED) is 0.249. The van der Waals surface area contributed by atoms with Crippen LogP contribution in [0.2, 0.25) is 0 Å². The molecule has 6 N–H and O–H groups in total. The molecular weight excluding hydrogens is 184 g/mol. The smallest absolute Gasteiger partial charge is 0.219 e. The number of aliphatic hydroxyl groups is 6. The third kappa shape index (κ3) is 1.67. The number of aliphatic hydroxyl groups excluding tert-OH is 4. The molecule has 0 bridgehead atoms. The van der Waals surface area contributed by atoms with Crippen LogP contribution in [0.1, 0.15) is 0 Å². The normalized spacial score (nSPS) is 45.9. The molecule has 0 aromatic heterocycles. The van der Waals surface area contributed by atoms with Gasteiger partial charge >= 0.3 is 0 Å². The standard InChI is InChI=1S/C6H12O7/c7-1-6(12)4(9)2(8)3(13-6)5(10)11/h2-5,7-12H,1H2/t2-,3+,4+,6+/m1/s1. The van der Waals surface area contributed by atoms with Crippen molar-refractivity contribution in [2.75, 3.05) is 6.61 Å². The zero-order valence-corrected chi connectivity index (χ0v) is 6.61. The minimum Gasteiger partial charge on any atom is -0.391 e. The van der Waals surface area contributed by atoms with Crippen LogP contribution in [-0.4, -0.2) is 67.6 Å². The highest BCUT2D eigenvalue weighted by Crippen LogP contribution is 2.29. The molecule has 1 aliphatic rings. The van der Waals surface area contributed by atoms with Crippen molar-refractivity contribution in [3.8, 4) is 0 Å². The molecule has 78 valence electrons. The topological polar surface area (TPSA) is 131 Å². The van der Waals surface area contributed by atoms with Crippen LogP contribution < -0.4 is 0 Å². The van der Waals surface area contributed by atoms with Crippen molar-refractivity contribution in [3.05, 3.63) is 0 Å². The van der Waals surface area contributed by atoms with Gasteiger partial charge in [0.05, 0.1) is 6.61 Å². The fraction of sp³-hybridized carbons (Fsp3) is 1.00. The fourth-order valence-electron chi connectivity index (χ4n) is 1.19. The van der Waals surface area contributed by atoms with Gasteiger partial charge in [0.1, 0.15) is 18.3 Å². The summed E-state index contributed by atoms with van der Waals surface area (Å²) in [5.74, 6) is -2.34. The van der Waals surface area contributed by atoms with Gasteiger partial charge in [0.2, 0.25) is 5.79 Å². The first-order valence-electron chi connectivity index (χ1n) is 3.65. The molecule has 0 amide bonds. The van der Waals surface area contributed by atoms with Gasteiger partial charge < -0.3 is 35.4 Å². The molecule has 0 saturated carbocycles. The number of rotatable bonds is 2. The van der Waals surface area contributed by atoms with Crippen LogP contribution >= 0.6 is 0 Å². The third-order valence-corrected chi connectivity index (χ3v) is 1.98. The van der Waals surface area contributed by atoms with Gasteiger partial charge in [-0.05, 0) is 0 Å². The third-order valence-electron chi connectivity index (χ3n) is 1.98. The van der Waals surface area contributed by atoms with E-state index in [4.69, 9.17) is 25.5 Å². The van der Waals surface area contributed by atoms with Gasteiger partial charge in [0, 0.05) is 0 Å². The van der Waals surface area contributed by atoms with Gasteiger partial charge in [0.25, 0.3) is 0 Å². The summed E-state index contributed by atoms with van der Waals surface area (Å²) in [4.78, 5) is 0. The van der Waals surface area contributed by atoms with Crippen molar-refractivity contribution >= 4 is 0 Å². The van der Waals surface area contributed by atoms with Gasteiger partial charge in [-0.15, -0.1) is 0 Å². The van der Waals surface area contributed by atoms with Crippen LogP contribution in [0.4, 0.5) is 0 Å². The maximum Gasteiger partial charge on any atom is 0.219 e. The summed E-state index contributed by atoms with van der Waals surface area (Å²) in [5.41, 5.74) is 0. The first-order valence-corrected chi connectivity index (χ1v) is 3.65. The van der Waals surface area contributed by atoms with E-state index < -0.39 is 37.0 Å². The molecule has 0 unspecified atom stereocenters. The lowest BCUT2D eigenvalue weighted by molar-refractivity contribution is -0.268. The molecule has 0 aromatic carbocycles. The maximum atomic E-state index is 9.25. The maximum absolute atomic E-state index is 9.25. The van der Waals surface area contributed by atoms with Crippen LogP contribution in [-0.2, 0) is 4.74 Å². The molecule has 7 nitrogen and oxygen atoms in total. The van der Waals surface area contributed by atoms with Crippen molar-refractivity contribution in [2.24, 2.45) is 0 Å². The Morgan fingerprint density at radius 3 is 2.08 bits per heavy atom. The molecule has 13 heavy (non-hydrogen) atoms. The summed E-state index contributed by atoms with van der Waals surface area (Å²) in [6.45, 7) is -0.950. The molecule has 1 fully saturated rings. The van der Waals surface area contributed by atoms with Crippen molar-refractivity contribution in [1.82, 2.24) is 0 Å². The molecular formula is C6H12O7. The second-order valence-corrected chi connectivity index (χ2v) is 2.93. The summed E-state index contributed by atoms with van der Waals surface area (Å²) in [6, 6.07) is 0. The highest BCUT2D eigenvalue weighted by Gasteiger charge is 2.55. The predicted octanol–water partition coefficient (Wildman–Crippen LogP) is -3.90. The molecule has 0 spiro atoms. The number of ether oxygens (including phenoxy) is 1. The van der Waals surface area contributed by atoms with Crippen LogP contribution in [0.15, 0.2) is 0 Å². The van der Waals surface area contributed by atoms with Crippen molar-refractivity contribution in [3.63, 3.8) is 0 Å². The monoisotopic (exact) mass is 196 g/mol. The summed E-state index contributed by atoms with van der Waals surface area (Å²) in [7, 11) is 0. The first kappa shape index (κ1) is 10.8. The number of hydrogen-bond donors (Lipinski definition) is 6. The van der Waals surface area contributed by atoms with Gasteiger partial charge in [-0.1, -0.05) is 0 Å².